The number of nitrogens with zero attached hydrogens (tertiary/aromatic N) is 1. The third-order valence-electron chi connectivity index (χ3n) is 1.22. The summed E-state index contributed by atoms with van der Waals surface area (Å²) < 4.78 is 2.12. The van der Waals surface area contributed by atoms with Gasteiger partial charge in [0.2, 0.25) is 0 Å². The molecular weight excluding hydrogens is 86.1 g/mol. The Bertz CT molecular complexity index is 103. The zero-order valence-corrected chi connectivity index (χ0v) is 4.43. The molecule has 1 aliphatic rings. The van der Waals surface area contributed by atoms with E-state index >= 15 is 0 Å². The highest BCUT2D eigenvalue weighted by Crippen LogP contribution is 1.94. The lowest BCUT2D eigenvalue weighted by Crippen LogP contribution is -1.96. The van der Waals surface area contributed by atoms with Crippen LogP contribution in [0.25, 0.3) is 0 Å². The van der Waals surface area contributed by atoms with Gasteiger partial charge >= 0.3 is 0 Å². The number of rotatable bonds is 1. The van der Waals surface area contributed by atoms with Crippen molar-refractivity contribution in [1.82, 2.24) is 0 Å². The molecule has 0 aromatic carbocycles. The van der Waals surface area contributed by atoms with Gasteiger partial charge in [-0.1, -0.05) is 0 Å². The van der Waals surface area contributed by atoms with Crippen molar-refractivity contribution in [3.05, 3.63) is 12.8 Å². The van der Waals surface area contributed by atoms with Gasteiger partial charge in [0, 0.05) is 12.8 Å². The van der Waals surface area contributed by atoms with Gasteiger partial charge < -0.3 is 0 Å². The van der Waals surface area contributed by atoms with E-state index in [0.29, 0.717) is 0 Å². The predicted octanol–water partition coefficient (Wildman–Crippen LogP) is 1.01. The van der Waals surface area contributed by atoms with Gasteiger partial charge in [0.15, 0.2) is 6.20 Å². The standard InChI is InChI=1S/C6H10N/c1-2-7-5-3-4-6-7/h2,5H,1,3-4,6H2/q+1. The Morgan fingerprint density at radius 1 is 1.71 bits per heavy atom. The molecule has 0 amide bonds. The smallest absolute Gasteiger partial charge is 0.161 e. The van der Waals surface area contributed by atoms with E-state index in [1.54, 1.807) is 0 Å². The molecule has 0 N–H and O–H groups in total. The molecule has 1 heterocycles. The van der Waals surface area contributed by atoms with Gasteiger partial charge in [0.05, 0.1) is 0 Å². The van der Waals surface area contributed by atoms with Crippen LogP contribution >= 0.6 is 0 Å². The molecule has 0 aliphatic carbocycles. The zero-order valence-electron chi connectivity index (χ0n) is 4.43. The molecule has 0 saturated carbocycles. The number of hydrogen-bond acceptors (Lipinski definition) is 0. The summed E-state index contributed by atoms with van der Waals surface area (Å²) in [6.45, 7) is 4.81. The first-order valence-corrected chi connectivity index (χ1v) is 2.65. The van der Waals surface area contributed by atoms with Gasteiger partial charge in [-0.2, -0.15) is 0 Å². The van der Waals surface area contributed by atoms with Gasteiger partial charge in [-0.3, -0.25) is 0 Å². The molecule has 1 aliphatic heterocycles. The fourth-order valence-electron chi connectivity index (χ4n) is 0.788. The summed E-state index contributed by atoms with van der Waals surface area (Å²) in [5.74, 6) is 0. The van der Waals surface area contributed by atoms with Crippen molar-refractivity contribution in [2.24, 2.45) is 0 Å². The molecular formula is C6H10N+. The van der Waals surface area contributed by atoms with E-state index in [2.05, 4.69) is 17.4 Å². The topological polar surface area (TPSA) is 3.01 Å². The second-order valence-corrected chi connectivity index (χ2v) is 1.75. The lowest BCUT2D eigenvalue weighted by molar-refractivity contribution is -0.442. The number of hydrogen-bond donors (Lipinski definition) is 0. The van der Waals surface area contributed by atoms with E-state index in [-0.39, 0.29) is 0 Å². The largest absolute Gasteiger partial charge is 0.209 e. The summed E-state index contributed by atoms with van der Waals surface area (Å²) in [4.78, 5) is 0. The first-order valence-electron chi connectivity index (χ1n) is 2.65. The average molecular weight is 96.2 g/mol. The Morgan fingerprint density at radius 3 is 2.86 bits per heavy atom. The Balaban J connectivity index is 2.51. The fraction of sp³-hybridized carbons (Fsp3) is 0.500. The summed E-state index contributed by atoms with van der Waals surface area (Å²) in [7, 11) is 0. The van der Waals surface area contributed by atoms with Gasteiger partial charge in [0.1, 0.15) is 12.8 Å². The maximum absolute atomic E-state index is 3.64. The predicted molar refractivity (Wildman–Crippen MR) is 30.6 cm³/mol. The molecule has 0 atom stereocenters. The molecule has 7 heavy (non-hydrogen) atoms. The van der Waals surface area contributed by atoms with Crippen LogP contribution < -0.4 is 0 Å². The zero-order chi connectivity index (χ0) is 5.11. The van der Waals surface area contributed by atoms with Gasteiger partial charge in [-0.05, 0) is 6.58 Å². The summed E-state index contributed by atoms with van der Waals surface area (Å²) >= 11 is 0. The van der Waals surface area contributed by atoms with Crippen LogP contribution in [0.4, 0.5) is 0 Å². The van der Waals surface area contributed by atoms with Crippen LogP contribution in [-0.4, -0.2) is 17.3 Å². The van der Waals surface area contributed by atoms with E-state index in [0.717, 1.165) is 0 Å². The van der Waals surface area contributed by atoms with E-state index in [1.807, 2.05) is 6.20 Å². The lowest BCUT2D eigenvalue weighted by atomic mass is 10.4. The Kier molecular flexibility index (Phi) is 1.25. The fourth-order valence-corrected chi connectivity index (χ4v) is 0.788. The molecule has 0 bridgehead atoms. The van der Waals surface area contributed by atoms with Crippen LogP contribution in [0.2, 0.25) is 0 Å². The lowest BCUT2D eigenvalue weighted by Gasteiger charge is -1.79. The van der Waals surface area contributed by atoms with Crippen LogP contribution in [0.3, 0.4) is 0 Å². The Labute approximate surface area is 44.0 Å². The minimum absolute atomic E-state index is 1.17. The van der Waals surface area contributed by atoms with E-state index in [1.165, 1.54) is 19.4 Å². The molecule has 0 saturated heterocycles. The molecule has 0 fully saturated rings. The first-order chi connectivity index (χ1) is 3.43. The maximum Gasteiger partial charge on any atom is 0.161 e. The molecule has 0 aromatic heterocycles. The highest BCUT2D eigenvalue weighted by atomic mass is 15.0. The van der Waals surface area contributed by atoms with Crippen molar-refractivity contribution in [3.63, 3.8) is 0 Å². The third kappa shape index (κ3) is 0.889. The van der Waals surface area contributed by atoms with Crippen molar-refractivity contribution in [3.8, 4) is 0 Å². The summed E-state index contributed by atoms with van der Waals surface area (Å²) in [6.07, 6.45) is 6.57. The van der Waals surface area contributed by atoms with Crippen molar-refractivity contribution in [1.29, 1.82) is 0 Å². The SMILES string of the molecule is C=C[N+]1=CCCC1. The Hall–Kier alpha value is -0.590. The van der Waals surface area contributed by atoms with Crippen LogP contribution in [0.5, 0.6) is 0 Å². The molecule has 0 radical (unpaired) electrons. The minimum atomic E-state index is 1.17. The maximum atomic E-state index is 3.64. The molecule has 38 valence electrons. The average Bonchev–Trinajstić information content (AvgIpc) is 2.14. The van der Waals surface area contributed by atoms with E-state index < -0.39 is 0 Å². The van der Waals surface area contributed by atoms with E-state index in [9.17, 15) is 0 Å². The van der Waals surface area contributed by atoms with Crippen LogP contribution in [0.15, 0.2) is 12.8 Å². The second-order valence-electron chi connectivity index (χ2n) is 1.75. The van der Waals surface area contributed by atoms with Gasteiger partial charge in [-0.25, -0.2) is 4.58 Å². The van der Waals surface area contributed by atoms with Gasteiger partial charge in [0.25, 0.3) is 0 Å². The molecule has 0 spiro atoms. The highest BCUT2D eigenvalue weighted by Gasteiger charge is 2.04. The molecule has 1 heteroatoms. The highest BCUT2D eigenvalue weighted by molar-refractivity contribution is 5.52. The van der Waals surface area contributed by atoms with Crippen LogP contribution in [0.1, 0.15) is 12.8 Å². The molecule has 1 rings (SSSR count). The second kappa shape index (κ2) is 1.92. The monoisotopic (exact) mass is 96.1 g/mol. The van der Waals surface area contributed by atoms with Crippen molar-refractivity contribution in [2.45, 2.75) is 12.8 Å². The van der Waals surface area contributed by atoms with Crippen molar-refractivity contribution >= 4 is 6.21 Å². The minimum Gasteiger partial charge on any atom is -0.209 e. The van der Waals surface area contributed by atoms with E-state index in [4.69, 9.17) is 0 Å². The van der Waals surface area contributed by atoms with Crippen molar-refractivity contribution < 1.29 is 4.58 Å². The van der Waals surface area contributed by atoms with Crippen LogP contribution in [-0.2, 0) is 0 Å². The summed E-state index contributed by atoms with van der Waals surface area (Å²) in [5.41, 5.74) is 0. The van der Waals surface area contributed by atoms with Crippen molar-refractivity contribution in [2.75, 3.05) is 6.54 Å². The summed E-state index contributed by atoms with van der Waals surface area (Å²) in [5, 5.41) is 0. The first kappa shape index (κ1) is 4.57. The Morgan fingerprint density at radius 2 is 2.57 bits per heavy atom. The molecule has 1 nitrogen and oxygen atoms in total. The molecule has 0 aromatic rings. The normalized spacial score (nSPS) is 19.1. The quantitative estimate of drug-likeness (QED) is 0.428. The summed E-state index contributed by atoms with van der Waals surface area (Å²) in [6, 6.07) is 0. The van der Waals surface area contributed by atoms with Gasteiger partial charge in [-0.15, -0.1) is 0 Å². The van der Waals surface area contributed by atoms with Crippen LogP contribution in [0, 0.1) is 0 Å². The molecule has 0 unspecified atom stereocenters. The third-order valence-corrected chi connectivity index (χ3v) is 1.22.